The van der Waals surface area contributed by atoms with E-state index in [0.717, 1.165) is 31.6 Å². The minimum absolute atomic E-state index is 0.0393. The summed E-state index contributed by atoms with van der Waals surface area (Å²) in [7, 11) is 0. The maximum atomic E-state index is 11.9. The van der Waals surface area contributed by atoms with Gasteiger partial charge >= 0.3 is 0 Å². The highest BCUT2D eigenvalue weighted by molar-refractivity contribution is 5.90. The predicted molar refractivity (Wildman–Crippen MR) is 85.4 cm³/mol. The molecule has 0 aliphatic carbocycles. The molecule has 1 aromatic carbocycles. The predicted octanol–water partition coefficient (Wildman–Crippen LogP) is 2.82. The zero-order chi connectivity index (χ0) is 15.3. The minimum atomic E-state index is -0.0393. The van der Waals surface area contributed by atoms with Gasteiger partial charge in [-0.05, 0) is 37.0 Å². The number of nitrogens with one attached hydrogen (secondary N) is 1. The molecule has 0 bridgehead atoms. The molecule has 1 fully saturated rings. The summed E-state index contributed by atoms with van der Waals surface area (Å²) in [6.07, 6.45) is 3.79. The van der Waals surface area contributed by atoms with E-state index in [1.54, 1.807) is 0 Å². The second-order valence-electron chi connectivity index (χ2n) is 6.39. The number of rotatable bonds is 6. The number of nitrogens with two attached hydrogens (primary N) is 1. The van der Waals surface area contributed by atoms with E-state index in [4.69, 9.17) is 10.5 Å². The SMILES string of the molecule is CC(C)(CN)c1ccc(NC(=O)CCC2CCCO2)cc1. The van der Waals surface area contributed by atoms with Crippen molar-refractivity contribution in [2.24, 2.45) is 5.73 Å². The van der Waals surface area contributed by atoms with E-state index in [2.05, 4.69) is 19.2 Å². The van der Waals surface area contributed by atoms with Crippen LogP contribution >= 0.6 is 0 Å². The molecule has 2 rings (SSSR count). The van der Waals surface area contributed by atoms with E-state index in [1.165, 1.54) is 5.56 Å². The molecule has 1 aliphatic rings. The van der Waals surface area contributed by atoms with Crippen molar-refractivity contribution < 1.29 is 9.53 Å². The van der Waals surface area contributed by atoms with E-state index in [9.17, 15) is 4.79 Å². The number of hydrogen-bond acceptors (Lipinski definition) is 3. The number of carbonyl (C=O) groups is 1. The first-order chi connectivity index (χ1) is 10.0. The summed E-state index contributed by atoms with van der Waals surface area (Å²) in [6, 6.07) is 7.94. The number of anilines is 1. The summed E-state index contributed by atoms with van der Waals surface area (Å²) < 4.78 is 5.53. The zero-order valence-electron chi connectivity index (χ0n) is 13.0. The molecule has 21 heavy (non-hydrogen) atoms. The van der Waals surface area contributed by atoms with Crippen LogP contribution in [0.4, 0.5) is 5.69 Å². The topological polar surface area (TPSA) is 64.3 Å². The highest BCUT2D eigenvalue weighted by Gasteiger charge is 2.19. The van der Waals surface area contributed by atoms with Crippen molar-refractivity contribution in [2.45, 2.75) is 51.0 Å². The van der Waals surface area contributed by atoms with Gasteiger partial charge in [-0.3, -0.25) is 4.79 Å². The minimum Gasteiger partial charge on any atom is -0.378 e. The van der Waals surface area contributed by atoms with Crippen LogP contribution in [0.2, 0.25) is 0 Å². The van der Waals surface area contributed by atoms with Crippen molar-refractivity contribution in [3.8, 4) is 0 Å². The fourth-order valence-corrected chi connectivity index (χ4v) is 2.51. The van der Waals surface area contributed by atoms with Gasteiger partial charge in [-0.1, -0.05) is 26.0 Å². The molecular formula is C17H26N2O2. The average Bonchev–Trinajstić information content (AvgIpc) is 2.99. The number of ether oxygens (including phenoxy) is 1. The number of amides is 1. The lowest BCUT2D eigenvalue weighted by molar-refractivity contribution is -0.116. The van der Waals surface area contributed by atoms with Gasteiger partial charge in [0.15, 0.2) is 0 Å². The first-order valence-electron chi connectivity index (χ1n) is 7.73. The standard InChI is InChI=1S/C17H26N2O2/c1-17(2,12-18)13-5-7-14(8-6-13)19-16(20)10-9-15-4-3-11-21-15/h5-8,15H,3-4,9-12,18H2,1-2H3,(H,19,20). The van der Waals surface area contributed by atoms with Crippen LogP contribution in [-0.4, -0.2) is 25.2 Å². The third-order valence-corrected chi connectivity index (χ3v) is 4.18. The Morgan fingerprint density at radius 3 is 2.67 bits per heavy atom. The molecule has 0 spiro atoms. The molecule has 1 heterocycles. The van der Waals surface area contributed by atoms with Gasteiger partial charge in [-0.25, -0.2) is 0 Å². The monoisotopic (exact) mass is 290 g/mol. The van der Waals surface area contributed by atoms with Gasteiger partial charge in [0.05, 0.1) is 6.10 Å². The van der Waals surface area contributed by atoms with E-state index in [0.29, 0.717) is 13.0 Å². The van der Waals surface area contributed by atoms with Crippen molar-refractivity contribution in [2.75, 3.05) is 18.5 Å². The first-order valence-corrected chi connectivity index (χ1v) is 7.73. The lowest BCUT2D eigenvalue weighted by atomic mass is 9.85. The van der Waals surface area contributed by atoms with E-state index in [1.807, 2.05) is 24.3 Å². The molecule has 4 heteroatoms. The number of hydrogen-bond donors (Lipinski definition) is 2. The third kappa shape index (κ3) is 4.55. The van der Waals surface area contributed by atoms with Crippen LogP contribution in [0.15, 0.2) is 24.3 Å². The van der Waals surface area contributed by atoms with Gasteiger partial charge in [0, 0.05) is 30.7 Å². The largest absolute Gasteiger partial charge is 0.378 e. The Kier molecular flexibility index (Phi) is 5.37. The highest BCUT2D eigenvalue weighted by Crippen LogP contribution is 2.23. The van der Waals surface area contributed by atoms with Crippen LogP contribution in [0.25, 0.3) is 0 Å². The van der Waals surface area contributed by atoms with Crippen LogP contribution in [0.3, 0.4) is 0 Å². The molecule has 4 nitrogen and oxygen atoms in total. The Morgan fingerprint density at radius 1 is 1.38 bits per heavy atom. The van der Waals surface area contributed by atoms with Gasteiger partial charge in [-0.2, -0.15) is 0 Å². The van der Waals surface area contributed by atoms with Crippen LogP contribution in [0.5, 0.6) is 0 Å². The molecule has 1 saturated heterocycles. The molecule has 1 unspecified atom stereocenters. The summed E-state index contributed by atoms with van der Waals surface area (Å²) in [6.45, 7) is 5.66. The quantitative estimate of drug-likeness (QED) is 0.846. The van der Waals surface area contributed by atoms with Crippen molar-refractivity contribution in [1.82, 2.24) is 0 Å². The van der Waals surface area contributed by atoms with Crippen LogP contribution in [0, 0.1) is 0 Å². The Hall–Kier alpha value is -1.39. The molecular weight excluding hydrogens is 264 g/mol. The second kappa shape index (κ2) is 7.05. The summed E-state index contributed by atoms with van der Waals surface area (Å²) in [5.41, 5.74) is 7.76. The smallest absolute Gasteiger partial charge is 0.224 e. The molecule has 1 aliphatic heterocycles. The maximum Gasteiger partial charge on any atom is 0.224 e. The van der Waals surface area contributed by atoms with Crippen LogP contribution in [0.1, 0.15) is 45.1 Å². The van der Waals surface area contributed by atoms with Gasteiger partial charge < -0.3 is 15.8 Å². The molecule has 3 N–H and O–H groups in total. The maximum absolute atomic E-state index is 11.9. The molecule has 116 valence electrons. The fraction of sp³-hybridized carbons (Fsp3) is 0.588. The fourth-order valence-electron chi connectivity index (χ4n) is 2.51. The Balaban J connectivity index is 1.83. The van der Waals surface area contributed by atoms with Gasteiger partial charge in [0.25, 0.3) is 0 Å². The Bertz CT molecular complexity index is 462. The molecule has 1 aromatic rings. The lowest BCUT2D eigenvalue weighted by Crippen LogP contribution is -2.28. The van der Waals surface area contributed by atoms with Gasteiger partial charge in [0.2, 0.25) is 5.91 Å². The van der Waals surface area contributed by atoms with Gasteiger partial charge in [0.1, 0.15) is 0 Å². The van der Waals surface area contributed by atoms with E-state index >= 15 is 0 Å². The van der Waals surface area contributed by atoms with Crippen molar-refractivity contribution in [3.05, 3.63) is 29.8 Å². The molecule has 0 saturated carbocycles. The number of carbonyl (C=O) groups excluding carboxylic acids is 1. The summed E-state index contributed by atoms with van der Waals surface area (Å²) in [5, 5.41) is 2.94. The molecule has 0 aromatic heterocycles. The molecule has 0 radical (unpaired) electrons. The van der Waals surface area contributed by atoms with Crippen molar-refractivity contribution >= 4 is 11.6 Å². The normalized spacial score (nSPS) is 18.7. The zero-order valence-corrected chi connectivity index (χ0v) is 13.0. The van der Waals surface area contributed by atoms with Crippen LogP contribution in [-0.2, 0) is 14.9 Å². The van der Waals surface area contributed by atoms with Crippen LogP contribution < -0.4 is 11.1 Å². The Morgan fingerprint density at radius 2 is 2.10 bits per heavy atom. The summed E-state index contributed by atoms with van der Waals surface area (Å²) in [5.74, 6) is 0.0522. The summed E-state index contributed by atoms with van der Waals surface area (Å²) >= 11 is 0. The third-order valence-electron chi connectivity index (χ3n) is 4.18. The second-order valence-corrected chi connectivity index (χ2v) is 6.39. The Labute approximate surface area is 127 Å². The van der Waals surface area contributed by atoms with Crippen molar-refractivity contribution in [3.63, 3.8) is 0 Å². The van der Waals surface area contributed by atoms with Crippen molar-refractivity contribution in [1.29, 1.82) is 0 Å². The number of benzene rings is 1. The lowest BCUT2D eigenvalue weighted by Gasteiger charge is -2.23. The molecule has 1 amide bonds. The summed E-state index contributed by atoms with van der Waals surface area (Å²) in [4.78, 5) is 11.9. The van der Waals surface area contributed by atoms with E-state index < -0.39 is 0 Å². The van der Waals surface area contributed by atoms with E-state index in [-0.39, 0.29) is 17.4 Å². The molecule has 1 atom stereocenters. The first kappa shape index (κ1) is 16.0. The van der Waals surface area contributed by atoms with Gasteiger partial charge in [-0.15, -0.1) is 0 Å². The highest BCUT2D eigenvalue weighted by atomic mass is 16.5. The average molecular weight is 290 g/mol.